The van der Waals surface area contributed by atoms with Gasteiger partial charge >= 0.3 is 126 Å². The molecule has 0 bridgehead atoms. The molecule has 0 aliphatic rings. The van der Waals surface area contributed by atoms with Crippen LogP contribution in [0.3, 0.4) is 0 Å². The van der Waals surface area contributed by atoms with Crippen LogP contribution in [0.2, 0.25) is 10.3 Å². The van der Waals surface area contributed by atoms with Crippen LogP contribution >= 0.6 is 11.6 Å². The average molecular weight is 340 g/mol. The second-order valence-corrected chi connectivity index (χ2v) is 7.26. The van der Waals surface area contributed by atoms with Crippen LogP contribution in [0.25, 0.3) is 0 Å². The average Bonchev–Trinajstić information content (AvgIpc) is 2.45. The summed E-state index contributed by atoms with van der Waals surface area (Å²) in [4.78, 5) is 0. The van der Waals surface area contributed by atoms with Gasteiger partial charge in [0.05, 0.1) is 0 Å². The molecule has 0 fully saturated rings. The first kappa shape index (κ1) is 14.6. The Morgan fingerprint density at radius 3 is 2.37 bits per heavy atom. The summed E-state index contributed by atoms with van der Waals surface area (Å²) >= 11 is 6.35. The van der Waals surface area contributed by atoms with Gasteiger partial charge in [-0.3, -0.25) is 0 Å². The first-order valence-corrected chi connectivity index (χ1v) is 8.81. The number of benzene rings is 2. The van der Waals surface area contributed by atoms with Crippen molar-refractivity contribution in [3.05, 3.63) is 65.2 Å². The maximum absolute atomic E-state index is 10.1. The Morgan fingerprint density at radius 2 is 1.68 bits per heavy atom. The topological polar surface area (TPSA) is 20.2 Å². The minimum absolute atomic E-state index is 0.371. The molecule has 0 radical (unpaired) electrons. The molecule has 2 aromatic carbocycles. The monoisotopic (exact) mass is 340 g/mol. The van der Waals surface area contributed by atoms with Crippen LogP contribution in [0.5, 0.6) is 0 Å². The molecule has 19 heavy (non-hydrogen) atoms. The number of rotatable bonds is 6. The van der Waals surface area contributed by atoms with Crippen LogP contribution in [0.1, 0.15) is 24.5 Å². The maximum atomic E-state index is 10.1. The van der Waals surface area contributed by atoms with Gasteiger partial charge in [-0.25, -0.2) is 0 Å². The Kier molecular flexibility index (Phi) is 5.93. The summed E-state index contributed by atoms with van der Waals surface area (Å²) in [7, 11) is 0. The van der Waals surface area contributed by atoms with Crippen LogP contribution in [0.15, 0.2) is 54.6 Å². The summed E-state index contributed by atoms with van der Waals surface area (Å²) in [5, 5.41) is 12.0. The molecular formula is C16H17ClOSe. The van der Waals surface area contributed by atoms with Gasteiger partial charge in [0, 0.05) is 0 Å². The summed E-state index contributed by atoms with van der Waals surface area (Å²) in [6.45, 7) is 0. The number of aliphatic hydroxyl groups excluding tert-OH is 1. The first-order valence-electron chi connectivity index (χ1n) is 6.37. The van der Waals surface area contributed by atoms with Gasteiger partial charge < -0.3 is 0 Å². The Morgan fingerprint density at radius 1 is 1.00 bits per heavy atom. The van der Waals surface area contributed by atoms with Crippen LogP contribution < -0.4 is 4.46 Å². The number of hydrogen-bond acceptors (Lipinski definition) is 1. The molecular weight excluding hydrogens is 323 g/mol. The third kappa shape index (κ3) is 5.00. The van der Waals surface area contributed by atoms with E-state index in [1.54, 1.807) is 0 Å². The van der Waals surface area contributed by atoms with E-state index in [0.717, 1.165) is 18.4 Å². The summed E-state index contributed by atoms with van der Waals surface area (Å²) in [5.41, 5.74) is 0.955. The molecule has 0 unspecified atom stereocenters. The molecule has 0 saturated carbocycles. The van der Waals surface area contributed by atoms with Crippen molar-refractivity contribution < 1.29 is 5.11 Å². The molecule has 0 saturated heterocycles. The zero-order valence-corrected chi connectivity index (χ0v) is 13.1. The standard InChI is InChI=1S/C16H17ClOSe/c17-14-10-8-13(9-11-14)16(18)7-4-12-19-15-5-2-1-3-6-15/h1-3,5-6,8-11,16,18H,4,7,12H2/t16-/m1/s1. The van der Waals surface area contributed by atoms with Gasteiger partial charge in [0.25, 0.3) is 0 Å². The third-order valence-electron chi connectivity index (χ3n) is 2.89. The summed E-state index contributed by atoms with van der Waals surface area (Å²) < 4.78 is 1.43. The van der Waals surface area contributed by atoms with E-state index in [2.05, 4.69) is 24.3 Å². The normalized spacial score (nSPS) is 12.3. The van der Waals surface area contributed by atoms with Crippen LogP contribution in [-0.2, 0) is 0 Å². The van der Waals surface area contributed by atoms with E-state index in [1.165, 1.54) is 9.78 Å². The fourth-order valence-electron chi connectivity index (χ4n) is 1.84. The zero-order chi connectivity index (χ0) is 13.5. The van der Waals surface area contributed by atoms with E-state index >= 15 is 0 Å². The number of halogens is 1. The number of aliphatic hydroxyl groups is 1. The van der Waals surface area contributed by atoms with Gasteiger partial charge in [0.1, 0.15) is 0 Å². The molecule has 1 atom stereocenters. The van der Waals surface area contributed by atoms with Crippen molar-refractivity contribution in [1.29, 1.82) is 0 Å². The molecule has 0 aliphatic heterocycles. The fourth-order valence-corrected chi connectivity index (χ4v) is 3.84. The van der Waals surface area contributed by atoms with Crippen LogP contribution in [0, 0.1) is 0 Å². The van der Waals surface area contributed by atoms with Crippen molar-refractivity contribution in [2.24, 2.45) is 0 Å². The zero-order valence-electron chi connectivity index (χ0n) is 10.6. The van der Waals surface area contributed by atoms with Crippen LogP contribution in [0.4, 0.5) is 0 Å². The van der Waals surface area contributed by atoms with Crippen molar-refractivity contribution >= 4 is 31.0 Å². The summed E-state index contributed by atoms with van der Waals surface area (Å²) in [6.07, 6.45) is 1.50. The third-order valence-corrected chi connectivity index (χ3v) is 5.44. The Bertz CT molecular complexity index is 484. The SMILES string of the molecule is O[C@H](CCC[Se]c1ccccc1)c1ccc(Cl)cc1. The van der Waals surface area contributed by atoms with E-state index < -0.39 is 0 Å². The second-order valence-electron chi connectivity index (χ2n) is 4.37. The molecule has 1 N–H and O–H groups in total. The van der Waals surface area contributed by atoms with Crippen molar-refractivity contribution in [3.63, 3.8) is 0 Å². The van der Waals surface area contributed by atoms with Gasteiger partial charge in [-0.05, 0) is 0 Å². The molecule has 1 nitrogen and oxygen atoms in total. The van der Waals surface area contributed by atoms with E-state index in [9.17, 15) is 5.11 Å². The van der Waals surface area contributed by atoms with Crippen LogP contribution in [-0.4, -0.2) is 20.1 Å². The number of hydrogen-bond donors (Lipinski definition) is 1. The Labute approximate surface area is 125 Å². The minimum atomic E-state index is -0.371. The fraction of sp³-hybridized carbons (Fsp3) is 0.250. The van der Waals surface area contributed by atoms with Gasteiger partial charge in [-0.15, -0.1) is 0 Å². The second kappa shape index (κ2) is 7.71. The Hall–Kier alpha value is -0.791. The van der Waals surface area contributed by atoms with E-state index in [0.29, 0.717) is 20.0 Å². The first-order chi connectivity index (χ1) is 9.25. The van der Waals surface area contributed by atoms with Crippen molar-refractivity contribution in [1.82, 2.24) is 0 Å². The molecule has 2 aromatic rings. The quantitative estimate of drug-likeness (QED) is 0.630. The van der Waals surface area contributed by atoms with E-state index in [-0.39, 0.29) is 6.10 Å². The van der Waals surface area contributed by atoms with Crippen molar-refractivity contribution in [2.75, 3.05) is 0 Å². The summed E-state index contributed by atoms with van der Waals surface area (Å²) in [5.74, 6) is 0. The molecule has 0 aliphatic carbocycles. The van der Waals surface area contributed by atoms with Gasteiger partial charge in [-0.2, -0.15) is 0 Å². The predicted molar refractivity (Wildman–Crippen MR) is 82.3 cm³/mol. The van der Waals surface area contributed by atoms with Crippen molar-refractivity contribution in [2.45, 2.75) is 24.3 Å². The van der Waals surface area contributed by atoms with E-state index in [4.69, 9.17) is 11.6 Å². The summed E-state index contributed by atoms with van der Waals surface area (Å²) in [6, 6.07) is 18.0. The molecule has 0 amide bonds. The molecule has 0 heterocycles. The van der Waals surface area contributed by atoms with Gasteiger partial charge in [0.15, 0.2) is 0 Å². The van der Waals surface area contributed by atoms with Crippen molar-refractivity contribution in [3.8, 4) is 0 Å². The molecule has 0 aromatic heterocycles. The van der Waals surface area contributed by atoms with Gasteiger partial charge in [0.2, 0.25) is 0 Å². The van der Waals surface area contributed by atoms with Gasteiger partial charge in [-0.1, -0.05) is 0 Å². The Balaban J connectivity index is 1.72. The molecule has 100 valence electrons. The molecule has 3 heteroatoms. The molecule has 0 spiro atoms. The molecule has 2 rings (SSSR count). The predicted octanol–water partition coefficient (Wildman–Crippen LogP) is 3.60. The van der Waals surface area contributed by atoms with E-state index in [1.807, 2.05) is 30.3 Å².